The van der Waals surface area contributed by atoms with E-state index in [9.17, 15) is 8.42 Å². The molecule has 0 radical (unpaired) electrons. The van der Waals surface area contributed by atoms with E-state index in [0.29, 0.717) is 35.2 Å². The SMILES string of the molecule is COc1ccc(S(=O)(=O)N2CCCCCC2)cc1NC(=S)Nc1c(C)cc(C)cc1Cl. The molecule has 1 heterocycles. The summed E-state index contributed by atoms with van der Waals surface area (Å²) in [7, 11) is -2.06. The van der Waals surface area contributed by atoms with Crippen molar-refractivity contribution in [3.63, 3.8) is 0 Å². The van der Waals surface area contributed by atoms with Crippen molar-refractivity contribution < 1.29 is 13.2 Å². The third-order valence-corrected chi connectivity index (χ3v) is 7.69. The molecule has 0 saturated carbocycles. The third-order valence-electron chi connectivity index (χ3n) is 5.29. The zero-order chi connectivity index (χ0) is 22.6. The molecular weight excluding hydrogens is 454 g/mol. The summed E-state index contributed by atoms with van der Waals surface area (Å²) >= 11 is 11.8. The fourth-order valence-electron chi connectivity index (χ4n) is 3.72. The van der Waals surface area contributed by atoms with Gasteiger partial charge in [0.15, 0.2) is 5.11 Å². The highest BCUT2D eigenvalue weighted by molar-refractivity contribution is 7.89. The number of methoxy groups -OCH3 is 1. The highest BCUT2D eigenvalue weighted by Gasteiger charge is 2.26. The van der Waals surface area contributed by atoms with Crippen LogP contribution in [-0.2, 0) is 10.0 Å². The molecular formula is C22H28ClN3O3S2. The largest absolute Gasteiger partial charge is 0.495 e. The van der Waals surface area contributed by atoms with Crippen LogP contribution < -0.4 is 15.4 Å². The predicted molar refractivity (Wildman–Crippen MR) is 131 cm³/mol. The summed E-state index contributed by atoms with van der Waals surface area (Å²) in [6.45, 7) is 5.00. The van der Waals surface area contributed by atoms with Crippen molar-refractivity contribution in [3.8, 4) is 5.75 Å². The summed E-state index contributed by atoms with van der Waals surface area (Å²) in [6.07, 6.45) is 3.88. The van der Waals surface area contributed by atoms with Crippen LogP contribution in [0, 0.1) is 13.8 Å². The lowest BCUT2D eigenvalue weighted by molar-refractivity contribution is 0.415. The van der Waals surface area contributed by atoms with Gasteiger partial charge in [0, 0.05) is 13.1 Å². The summed E-state index contributed by atoms with van der Waals surface area (Å²) in [6, 6.07) is 8.64. The third kappa shape index (κ3) is 5.68. The summed E-state index contributed by atoms with van der Waals surface area (Å²) in [5.74, 6) is 0.491. The number of aryl methyl sites for hydroxylation is 2. The van der Waals surface area contributed by atoms with Crippen molar-refractivity contribution in [1.29, 1.82) is 0 Å². The Hall–Kier alpha value is -1.87. The van der Waals surface area contributed by atoms with Gasteiger partial charge in [0.25, 0.3) is 0 Å². The van der Waals surface area contributed by atoms with Gasteiger partial charge in [-0.05, 0) is 74.3 Å². The van der Waals surface area contributed by atoms with Gasteiger partial charge in [0.1, 0.15) is 5.75 Å². The lowest BCUT2D eigenvalue weighted by Crippen LogP contribution is -2.32. The van der Waals surface area contributed by atoms with Crippen LogP contribution in [0.25, 0.3) is 0 Å². The number of hydrogen-bond acceptors (Lipinski definition) is 4. The van der Waals surface area contributed by atoms with E-state index in [2.05, 4.69) is 10.6 Å². The Morgan fingerprint density at radius 2 is 1.74 bits per heavy atom. The Morgan fingerprint density at radius 3 is 2.35 bits per heavy atom. The highest BCUT2D eigenvalue weighted by atomic mass is 35.5. The lowest BCUT2D eigenvalue weighted by Gasteiger charge is -2.21. The zero-order valence-corrected chi connectivity index (χ0v) is 20.4. The van der Waals surface area contributed by atoms with E-state index in [0.717, 1.165) is 36.8 Å². The zero-order valence-electron chi connectivity index (χ0n) is 18.0. The molecule has 3 rings (SSSR count). The molecule has 0 aliphatic carbocycles. The number of ether oxygens (including phenoxy) is 1. The summed E-state index contributed by atoms with van der Waals surface area (Å²) in [5.41, 5.74) is 3.19. The fourth-order valence-corrected chi connectivity index (χ4v) is 5.84. The van der Waals surface area contributed by atoms with Gasteiger partial charge >= 0.3 is 0 Å². The maximum atomic E-state index is 13.2. The molecule has 1 aliphatic rings. The maximum absolute atomic E-state index is 13.2. The molecule has 0 spiro atoms. The Morgan fingerprint density at radius 1 is 1.06 bits per heavy atom. The molecule has 2 aromatic carbocycles. The topological polar surface area (TPSA) is 70.7 Å². The van der Waals surface area contributed by atoms with E-state index in [4.69, 9.17) is 28.6 Å². The minimum Gasteiger partial charge on any atom is -0.495 e. The van der Waals surface area contributed by atoms with Gasteiger partial charge in [0.2, 0.25) is 10.0 Å². The van der Waals surface area contributed by atoms with Crippen molar-refractivity contribution in [2.75, 3.05) is 30.8 Å². The van der Waals surface area contributed by atoms with Crippen LogP contribution in [0.15, 0.2) is 35.2 Å². The van der Waals surface area contributed by atoms with E-state index < -0.39 is 10.0 Å². The number of halogens is 1. The van der Waals surface area contributed by atoms with E-state index >= 15 is 0 Å². The van der Waals surface area contributed by atoms with Crippen LogP contribution in [0.2, 0.25) is 5.02 Å². The quantitative estimate of drug-likeness (QED) is 0.562. The molecule has 1 aliphatic heterocycles. The average Bonchev–Trinajstić information content (AvgIpc) is 3.01. The molecule has 0 amide bonds. The minimum atomic E-state index is -3.59. The lowest BCUT2D eigenvalue weighted by atomic mass is 10.1. The molecule has 31 heavy (non-hydrogen) atoms. The maximum Gasteiger partial charge on any atom is 0.243 e. The average molecular weight is 482 g/mol. The van der Waals surface area contributed by atoms with Gasteiger partial charge in [-0.25, -0.2) is 8.42 Å². The monoisotopic (exact) mass is 481 g/mol. The second kappa shape index (κ2) is 10.2. The van der Waals surface area contributed by atoms with Crippen molar-refractivity contribution in [3.05, 3.63) is 46.5 Å². The van der Waals surface area contributed by atoms with Gasteiger partial charge in [-0.2, -0.15) is 4.31 Å². The van der Waals surface area contributed by atoms with Crippen molar-refractivity contribution in [1.82, 2.24) is 4.31 Å². The van der Waals surface area contributed by atoms with E-state index in [1.807, 2.05) is 26.0 Å². The Bertz CT molecular complexity index is 1040. The molecule has 9 heteroatoms. The number of nitrogens with zero attached hydrogens (tertiary/aromatic N) is 1. The van der Waals surface area contributed by atoms with Crippen LogP contribution in [-0.4, -0.2) is 38.0 Å². The van der Waals surface area contributed by atoms with Crippen LogP contribution in [0.4, 0.5) is 11.4 Å². The fraction of sp³-hybridized carbons (Fsp3) is 0.409. The number of rotatable bonds is 5. The Kier molecular flexibility index (Phi) is 7.80. The van der Waals surface area contributed by atoms with Crippen LogP contribution in [0.1, 0.15) is 36.8 Å². The molecule has 168 valence electrons. The first-order valence-corrected chi connectivity index (χ1v) is 12.5. The molecule has 1 saturated heterocycles. The van der Waals surface area contributed by atoms with Gasteiger partial charge in [0.05, 0.1) is 28.4 Å². The summed E-state index contributed by atoms with van der Waals surface area (Å²) in [5, 5.41) is 7.02. The van der Waals surface area contributed by atoms with Gasteiger partial charge in [-0.3, -0.25) is 0 Å². The molecule has 2 aromatic rings. The molecule has 0 unspecified atom stereocenters. The van der Waals surface area contributed by atoms with Crippen molar-refractivity contribution in [2.24, 2.45) is 0 Å². The number of benzene rings is 2. The van der Waals surface area contributed by atoms with Crippen molar-refractivity contribution in [2.45, 2.75) is 44.4 Å². The van der Waals surface area contributed by atoms with E-state index in [1.54, 1.807) is 22.5 Å². The van der Waals surface area contributed by atoms with Crippen LogP contribution in [0.5, 0.6) is 5.75 Å². The summed E-state index contributed by atoms with van der Waals surface area (Å²) in [4.78, 5) is 0.213. The standard InChI is InChI=1S/C22H28ClN3O3S2/c1-15-12-16(2)21(18(23)13-15)25-22(30)24-19-14-17(8-9-20(19)29-3)31(27,28)26-10-6-4-5-7-11-26/h8-9,12-14H,4-7,10-11H2,1-3H3,(H2,24,25,30). The second-order valence-corrected chi connectivity index (χ2v) is 10.5. The number of anilines is 2. The smallest absolute Gasteiger partial charge is 0.243 e. The second-order valence-electron chi connectivity index (χ2n) is 7.70. The molecule has 1 fully saturated rings. The molecule has 0 aromatic heterocycles. The first-order chi connectivity index (χ1) is 14.7. The molecule has 0 atom stereocenters. The molecule has 0 bridgehead atoms. The van der Waals surface area contributed by atoms with Gasteiger partial charge < -0.3 is 15.4 Å². The number of nitrogens with one attached hydrogen (secondary N) is 2. The van der Waals surface area contributed by atoms with Crippen molar-refractivity contribution >= 4 is 50.3 Å². The first kappa shape index (κ1) is 23.8. The van der Waals surface area contributed by atoms with E-state index in [-0.39, 0.29) is 10.0 Å². The molecule has 2 N–H and O–H groups in total. The van der Waals surface area contributed by atoms with Gasteiger partial charge in [-0.15, -0.1) is 0 Å². The van der Waals surface area contributed by atoms with E-state index in [1.165, 1.54) is 7.11 Å². The molecule has 6 nitrogen and oxygen atoms in total. The van der Waals surface area contributed by atoms with Crippen LogP contribution >= 0.6 is 23.8 Å². The van der Waals surface area contributed by atoms with Crippen LogP contribution in [0.3, 0.4) is 0 Å². The number of thiocarbonyl (C=S) groups is 1. The normalized spacial score (nSPS) is 15.2. The number of hydrogen-bond donors (Lipinski definition) is 2. The highest BCUT2D eigenvalue weighted by Crippen LogP contribution is 2.31. The number of sulfonamides is 1. The minimum absolute atomic E-state index is 0.213. The van der Waals surface area contributed by atoms with Gasteiger partial charge in [-0.1, -0.05) is 30.5 Å². The summed E-state index contributed by atoms with van der Waals surface area (Å²) < 4.78 is 33.3. The first-order valence-electron chi connectivity index (χ1n) is 10.3. The Labute approximate surface area is 195 Å². The predicted octanol–water partition coefficient (Wildman–Crippen LogP) is 5.34. The Balaban J connectivity index is 1.85.